The number of carbonyl (C=O) groups is 1. The first-order chi connectivity index (χ1) is 8.66. The van der Waals surface area contributed by atoms with Crippen LogP contribution in [0.3, 0.4) is 0 Å². The number of rotatable bonds is 3. The standard InChI is InChI=1S/C11H10BrN5O/c12-7-4-9(10(13)14-5-7)11(18)15-6-8-2-1-3-16-17-8/h1-5H,6H2,(H2,13,14)(H,15,18). The molecule has 18 heavy (non-hydrogen) atoms. The number of aromatic nitrogens is 3. The van der Waals surface area contributed by atoms with E-state index in [9.17, 15) is 4.79 Å². The minimum atomic E-state index is -0.299. The van der Waals surface area contributed by atoms with Gasteiger partial charge in [-0.15, -0.1) is 0 Å². The van der Waals surface area contributed by atoms with Gasteiger partial charge in [-0.3, -0.25) is 4.79 Å². The summed E-state index contributed by atoms with van der Waals surface area (Å²) in [6.07, 6.45) is 3.11. The van der Waals surface area contributed by atoms with Gasteiger partial charge in [-0.1, -0.05) is 0 Å². The average Bonchev–Trinajstić information content (AvgIpc) is 2.40. The second-order valence-electron chi connectivity index (χ2n) is 3.48. The minimum Gasteiger partial charge on any atom is -0.383 e. The molecule has 92 valence electrons. The summed E-state index contributed by atoms with van der Waals surface area (Å²) in [5.41, 5.74) is 6.64. The zero-order valence-corrected chi connectivity index (χ0v) is 10.9. The second kappa shape index (κ2) is 5.54. The molecule has 0 unspecified atom stereocenters. The predicted octanol–water partition coefficient (Wildman–Crippen LogP) is 1.15. The van der Waals surface area contributed by atoms with Gasteiger partial charge in [0.05, 0.1) is 17.8 Å². The van der Waals surface area contributed by atoms with Crippen molar-refractivity contribution < 1.29 is 4.79 Å². The fraction of sp³-hybridized carbons (Fsp3) is 0.0909. The number of halogens is 1. The third-order valence-corrected chi connectivity index (χ3v) is 2.62. The Bertz CT molecular complexity index is 561. The molecule has 3 N–H and O–H groups in total. The molecule has 7 heteroatoms. The van der Waals surface area contributed by atoms with Crippen molar-refractivity contribution in [3.8, 4) is 0 Å². The van der Waals surface area contributed by atoms with E-state index in [1.807, 2.05) is 0 Å². The summed E-state index contributed by atoms with van der Waals surface area (Å²) < 4.78 is 0.696. The number of hydrogen-bond acceptors (Lipinski definition) is 5. The molecule has 2 rings (SSSR count). The highest BCUT2D eigenvalue weighted by atomic mass is 79.9. The number of pyridine rings is 1. The predicted molar refractivity (Wildman–Crippen MR) is 69.6 cm³/mol. The maximum atomic E-state index is 11.9. The summed E-state index contributed by atoms with van der Waals surface area (Å²) in [5.74, 6) is -0.109. The first-order valence-corrected chi connectivity index (χ1v) is 5.92. The molecule has 2 heterocycles. The Hall–Kier alpha value is -2.02. The van der Waals surface area contributed by atoms with E-state index < -0.39 is 0 Å². The van der Waals surface area contributed by atoms with Crippen LogP contribution in [0.4, 0.5) is 5.82 Å². The molecule has 0 aliphatic carbocycles. The highest BCUT2D eigenvalue weighted by Crippen LogP contribution is 2.15. The van der Waals surface area contributed by atoms with Gasteiger partial charge in [0.1, 0.15) is 5.82 Å². The van der Waals surface area contributed by atoms with E-state index in [0.29, 0.717) is 22.3 Å². The largest absolute Gasteiger partial charge is 0.383 e. The molecular formula is C11H10BrN5O. The van der Waals surface area contributed by atoms with Crippen molar-refractivity contribution in [2.24, 2.45) is 0 Å². The van der Waals surface area contributed by atoms with Gasteiger partial charge in [-0.05, 0) is 34.1 Å². The van der Waals surface area contributed by atoms with Gasteiger partial charge in [-0.2, -0.15) is 10.2 Å². The van der Waals surface area contributed by atoms with Crippen molar-refractivity contribution in [3.63, 3.8) is 0 Å². The molecule has 0 saturated carbocycles. The molecule has 0 aromatic carbocycles. The first-order valence-electron chi connectivity index (χ1n) is 5.12. The zero-order valence-electron chi connectivity index (χ0n) is 9.30. The Balaban J connectivity index is 2.06. The van der Waals surface area contributed by atoms with E-state index >= 15 is 0 Å². The molecular weight excluding hydrogens is 298 g/mol. The van der Waals surface area contributed by atoms with E-state index in [1.54, 1.807) is 24.4 Å². The summed E-state index contributed by atoms with van der Waals surface area (Å²) >= 11 is 3.24. The maximum absolute atomic E-state index is 11.9. The molecule has 0 saturated heterocycles. The van der Waals surface area contributed by atoms with E-state index in [1.165, 1.54) is 6.20 Å². The van der Waals surface area contributed by atoms with Crippen LogP contribution in [-0.4, -0.2) is 21.1 Å². The quantitative estimate of drug-likeness (QED) is 0.887. The highest BCUT2D eigenvalue weighted by molar-refractivity contribution is 9.10. The number of nitrogens with zero attached hydrogens (tertiary/aromatic N) is 3. The Labute approximate surface area is 112 Å². The Morgan fingerprint density at radius 1 is 1.50 bits per heavy atom. The van der Waals surface area contributed by atoms with Crippen molar-refractivity contribution >= 4 is 27.7 Å². The van der Waals surface area contributed by atoms with Crippen LogP contribution in [0.15, 0.2) is 35.1 Å². The summed E-state index contributed by atoms with van der Waals surface area (Å²) in [6, 6.07) is 5.15. The van der Waals surface area contributed by atoms with Gasteiger partial charge < -0.3 is 11.1 Å². The first kappa shape index (κ1) is 12.4. The molecule has 1 amide bonds. The number of anilines is 1. The van der Waals surface area contributed by atoms with Crippen LogP contribution in [0.5, 0.6) is 0 Å². The van der Waals surface area contributed by atoms with Gasteiger partial charge in [0.2, 0.25) is 0 Å². The van der Waals surface area contributed by atoms with Gasteiger partial charge in [0.15, 0.2) is 0 Å². The van der Waals surface area contributed by atoms with E-state index in [-0.39, 0.29) is 11.7 Å². The summed E-state index contributed by atoms with van der Waals surface area (Å²) in [6.45, 7) is 0.290. The van der Waals surface area contributed by atoms with Crippen LogP contribution in [-0.2, 0) is 6.54 Å². The van der Waals surface area contributed by atoms with Crippen LogP contribution in [0, 0.1) is 0 Å². The Morgan fingerprint density at radius 3 is 3.06 bits per heavy atom. The SMILES string of the molecule is Nc1ncc(Br)cc1C(=O)NCc1cccnn1. The molecule has 6 nitrogen and oxygen atoms in total. The lowest BCUT2D eigenvalue weighted by Gasteiger charge is -2.06. The van der Waals surface area contributed by atoms with Crippen molar-refractivity contribution in [2.45, 2.75) is 6.54 Å². The third-order valence-electron chi connectivity index (χ3n) is 2.19. The van der Waals surface area contributed by atoms with Gasteiger partial charge in [0.25, 0.3) is 5.91 Å². The van der Waals surface area contributed by atoms with Crippen molar-refractivity contribution in [2.75, 3.05) is 5.73 Å². The molecule has 2 aromatic heterocycles. The Morgan fingerprint density at radius 2 is 2.33 bits per heavy atom. The van der Waals surface area contributed by atoms with Crippen LogP contribution < -0.4 is 11.1 Å². The van der Waals surface area contributed by atoms with Crippen LogP contribution in [0.25, 0.3) is 0 Å². The van der Waals surface area contributed by atoms with Crippen LogP contribution >= 0.6 is 15.9 Å². The lowest BCUT2D eigenvalue weighted by Crippen LogP contribution is -2.24. The van der Waals surface area contributed by atoms with E-state index in [0.717, 1.165) is 0 Å². The van der Waals surface area contributed by atoms with Crippen LogP contribution in [0.1, 0.15) is 16.1 Å². The van der Waals surface area contributed by atoms with E-state index in [2.05, 4.69) is 36.4 Å². The van der Waals surface area contributed by atoms with Crippen molar-refractivity contribution in [3.05, 3.63) is 46.3 Å². The molecule has 0 radical (unpaired) electrons. The monoisotopic (exact) mass is 307 g/mol. The zero-order chi connectivity index (χ0) is 13.0. The highest BCUT2D eigenvalue weighted by Gasteiger charge is 2.11. The number of hydrogen-bond donors (Lipinski definition) is 2. The van der Waals surface area contributed by atoms with E-state index in [4.69, 9.17) is 5.73 Å². The molecule has 0 atom stereocenters. The number of nitrogen functional groups attached to an aromatic ring is 1. The van der Waals surface area contributed by atoms with Gasteiger partial charge in [-0.25, -0.2) is 4.98 Å². The molecule has 0 fully saturated rings. The molecule has 2 aromatic rings. The summed E-state index contributed by atoms with van der Waals surface area (Å²) in [5, 5.41) is 10.3. The molecule has 0 spiro atoms. The third kappa shape index (κ3) is 3.01. The molecule has 0 bridgehead atoms. The average molecular weight is 308 g/mol. The number of amides is 1. The molecule has 0 aliphatic rings. The van der Waals surface area contributed by atoms with Crippen molar-refractivity contribution in [1.29, 1.82) is 0 Å². The smallest absolute Gasteiger partial charge is 0.255 e. The lowest BCUT2D eigenvalue weighted by molar-refractivity contribution is 0.0951. The summed E-state index contributed by atoms with van der Waals surface area (Å²) in [7, 11) is 0. The van der Waals surface area contributed by atoms with Gasteiger partial charge in [0, 0.05) is 16.9 Å². The summed E-state index contributed by atoms with van der Waals surface area (Å²) in [4.78, 5) is 15.8. The maximum Gasteiger partial charge on any atom is 0.255 e. The fourth-order valence-corrected chi connectivity index (χ4v) is 1.66. The minimum absolute atomic E-state index is 0.190. The molecule has 0 aliphatic heterocycles. The van der Waals surface area contributed by atoms with Gasteiger partial charge >= 0.3 is 0 Å². The number of nitrogens with two attached hydrogens (primary N) is 1. The number of nitrogens with one attached hydrogen (secondary N) is 1. The topological polar surface area (TPSA) is 93.8 Å². The fourth-order valence-electron chi connectivity index (χ4n) is 1.33. The Kier molecular flexibility index (Phi) is 3.83. The number of carbonyl (C=O) groups excluding carboxylic acids is 1. The lowest BCUT2D eigenvalue weighted by atomic mass is 10.2. The normalized spacial score (nSPS) is 10.1. The van der Waals surface area contributed by atoms with Crippen molar-refractivity contribution in [1.82, 2.24) is 20.5 Å². The second-order valence-corrected chi connectivity index (χ2v) is 4.40. The van der Waals surface area contributed by atoms with Crippen LogP contribution in [0.2, 0.25) is 0 Å².